The van der Waals surface area contributed by atoms with Crippen molar-refractivity contribution in [3.05, 3.63) is 29.6 Å². The van der Waals surface area contributed by atoms with E-state index >= 15 is 4.39 Å². The molecular formula is C28H43BFN3O6SSi. The molecule has 0 bridgehead atoms. The van der Waals surface area contributed by atoms with Crippen LogP contribution in [0.1, 0.15) is 46.6 Å². The van der Waals surface area contributed by atoms with Gasteiger partial charge in [-0.2, -0.15) is 0 Å². The Labute approximate surface area is 248 Å². The van der Waals surface area contributed by atoms with Crippen LogP contribution in [0.4, 0.5) is 9.18 Å². The molecule has 2 heterocycles. The summed E-state index contributed by atoms with van der Waals surface area (Å²) in [6, 6.07) is 5.57. The molecule has 226 valence electrons. The number of carbonyl (C=O) groups is 2. The molecule has 4 rings (SSSR count). The summed E-state index contributed by atoms with van der Waals surface area (Å²) in [5.74, 6) is -0.889. The monoisotopic (exact) mass is 607 g/mol. The summed E-state index contributed by atoms with van der Waals surface area (Å²) in [6.45, 7) is 16.6. The lowest BCUT2D eigenvalue weighted by atomic mass is 9.75. The summed E-state index contributed by atoms with van der Waals surface area (Å²) in [5, 5.41) is 0.284. The molecule has 3 aliphatic rings. The minimum atomic E-state index is -1.47. The first-order chi connectivity index (χ1) is 18.7. The van der Waals surface area contributed by atoms with Crippen molar-refractivity contribution in [2.24, 2.45) is 16.6 Å². The molecule has 2 amide bonds. The molecule has 4 atom stereocenters. The standard InChI is InChI=1S/C28H43BFN3O6SSi/c1-25(2)26(3,4)39-29(38-25)17-11-12-19(30)18(15-17)27(5)20-16-28(20,23(34)33(6)7)40-21(32-27)22(37-24(31)35)36-13-14-41(8,9)10/h11-12,15,20,22H,13-14,16H2,1-10H3,(H2,31,35)/t20-,22?,27+,28-/m0/s1. The molecule has 2 fully saturated rings. The highest BCUT2D eigenvalue weighted by molar-refractivity contribution is 8.16. The maximum Gasteiger partial charge on any atom is 0.494 e. The van der Waals surface area contributed by atoms with Gasteiger partial charge in [-0.3, -0.25) is 9.79 Å². The van der Waals surface area contributed by atoms with Crippen LogP contribution in [-0.2, 0) is 29.1 Å². The van der Waals surface area contributed by atoms with Crippen molar-refractivity contribution in [1.82, 2.24) is 4.90 Å². The number of hydrogen-bond donors (Lipinski definition) is 1. The highest BCUT2D eigenvalue weighted by Gasteiger charge is 2.71. The van der Waals surface area contributed by atoms with Gasteiger partial charge in [-0.25, -0.2) is 9.18 Å². The fraction of sp³-hybridized carbons (Fsp3) is 0.679. The van der Waals surface area contributed by atoms with Gasteiger partial charge in [0.15, 0.2) is 0 Å². The first-order valence-electron chi connectivity index (χ1n) is 14.0. The molecule has 1 unspecified atom stereocenters. The van der Waals surface area contributed by atoms with Crippen molar-refractivity contribution in [1.29, 1.82) is 0 Å². The zero-order valence-corrected chi connectivity index (χ0v) is 27.6. The summed E-state index contributed by atoms with van der Waals surface area (Å²) in [4.78, 5) is 32.0. The van der Waals surface area contributed by atoms with Crippen LogP contribution in [0.25, 0.3) is 0 Å². The maximum atomic E-state index is 15.8. The van der Waals surface area contributed by atoms with E-state index in [1.165, 1.54) is 22.7 Å². The number of aliphatic imine (C=N–C) groups is 1. The number of hydrogen-bond acceptors (Lipinski definition) is 8. The smallest absolute Gasteiger partial charge is 0.413 e. The van der Waals surface area contributed by atoms with Crippen LogP contribution in [0, 0.1) is 11.7 Å². The number of ether oxygens (including phenoxy) is 2. The van der Waals surface area contributed by atoms with Gasteiger partial charge < -0.3 is 29.4 Å². The third-order valence-corrected chi connectivity index (χ3v) is 11.8. The molecule has 1 saturated carbocycles. The SMILES string of the molecule is CN(C)C(=O)[C@]12C[C@H]1[C@@](C)(c1cc(B3OC(C)(C)C(C)(C)O3)ccc1F)N=C(C(OCC[Si](C)(C)C)OC(N)=O)S2. The fourth-order valence-electron chi connectivity index (χ4n) is 5.32. The molecule has 2 N–H and O–H groups in total. The number of thioether (sulfide) groups is 1. The van der Waals surface area contributed by atoms with Crippen LogP contribution in [-0.4, -0.2) is 80.1 Å². The second-order valence-corrected chi connectivity index (χ2v) is 20.8. The topological polar surface area (TPSA) is 113 Å². The fourth-order valence-corrected chi connectivity index (χ4v) is 7.77. The molecule has 1 saturated heterocycles. The van der Waals surface area contributed by atoms with E-state index in [0.29, 0.717) is 24.1 Å². The number of nitrogens with two attached hydrogens (primary N) is 1. The Morgan fingerprint density at radius 1 is 1.20 bits per heavy atom. The molecule has 0 radical (unpaired) electrons. The minimum absolute atomic E-state index is 0.117. The average molecular weight is 608 g/mol. The number of primary amides is 1. The Bertz CT molecular complexity index is 1240. The number of halogens is 1. The number of amides is 2. The predicted molar refractivity (Wildman–Crippen MR) is 163 cm³/mol. The van der Waals surface area contributed by atoms with Crippen molar-refractivity contribution < 1.29 is 32.8 Å². The highest BCUT2D eigenvalue weighted by atomic mass is 32.2. The second-order valence-electron chi connectivity index (χ2n) is 13.8. The van der Waals surface area contributed by atoms with Gasteiger partial charge in [-0.1, -0.05) is 43.5 Å². The van der Waals surface area contributed by atoms with E-state index in [0.717, 1.165) is 6.04 Å². The molecule has 13 heteroatoms. The average Bonchev–Trinajstić information content (AvgIpc) is 3.53. The van der Waals surface area contributed by atoms with E-state index in [2.05, 4.69) is 19.6 Å². The second kappa shape index (κ2) is 10.7. The van der Waals surface area contributed by atoms with Crippen molar-refractivity contribution in [3.8, 4) is 0 Å². The molecule has 1 aromatic rings. The van der Waals surface area contributed by atoms with Crippen LogP contribution < -0.4 is 11.2 Å². The van der Waals surface area contributed by atoms with E-state index in [9.17, 15) is 9.59 Å². The summed E-state index contributed by atoms with van der Waals surface area (Å²) in [5.41, 5.74) is 4.07. The van der Waals surface area contributed by atoms with Crippen molar-refractivity contribution in [3.63, 3.8) is 0 Å². The number of rotatable bonds is 9. The first-order valence-corrected chi connectivity index (χ1v) is 18.5. The molecule has 9 nitrogen and oxygen atoms in total. The van der Waals surface area contributed by atoms with Crippen molar-refractivity contribution in [2.75, 3.05) is 20.7 Å². The van der Waals surface area contributed by atoms with Gasteiger partial charge in [0.25, 0.3) is 6.29 Å². The van der Waals surface area contributed by atoms with Crippen molar-refractivity contribution in [2.45, 2.75) is 94.5 Å². The molecular weight excluding hydrogens is 564 g/mol. The summed E-state index contributed by atoms with van der Waals surface area (Å²) >= 11 is 1.22. The Morgan fingerprint density at radius 3 is 2.34 bits per heavy atom. The van der Waals surface area contributed by atoms with Crippen LogP contribution in [0.3, 0.4) is 0 Å². The zero-order valence-electron chi connectivity index (χ0n) is 25.8. The molecule has 1 aliphatic carbocycles. The van der Waals surface area contributed by atoms with E-state index < -0.39 is 54.9 Å². The van der Waals surface area contributed by atoms with Crippen LogP contribution in [0.5, 0.6) is 0 Å². The Balaban J connectivity index is 1.78. The Kier molecular flexibility index (Phi) is 8.32. The van der Waals surface area contributed by atoms with Gasteiger partial charge in [0.2, 0.25) is 5.91 Å². The third kappa shape index (κ3) is 6.11. The van der Waals surface area contributed by atoms with Crippen molar-refractivity contribution >= 4 is 49.5 Å². The van der Waals surface area contributed by atoms with Gasteiger partial charge in [-0.15, -0.1) is 0 Å². The Morgan fingerprint density at radius 2 is 1.80 bits per heavy atom. The minimum Gasteiger partial charge on any atom is -0.413 e. The molecule has 1 aromatic carbocycles. The Hall–Kier alpha value is -1.93. The largest absolute Gasteiger partial charge is 0.494 e. The molecule has 0 spiro atoms. The number of benzene rings is 1. The lowest BCUT2D eigenvalue weighted by Gasteiger charge is -2.37. The highest BCUT2D eigenvalue weighted by Crippen LogP contribution is 2.67. The zero-order chi connectivity index (χ0) is 30.8. The van der Waals surface area contributed by atoms with Gasteiger partial charge in [0.05, 0.1) is 16.7 Å². The van der Waals surface area contributed by atoms with E-state index in [1.807, 2.05) is 34.6 Å². The van der Waals surface area contributed by atoms with E-state index in [1.54, 1.807) is 26.2 Å². The normalized spacial score (nSPS) is 28.9. The lowest BCUT2D eigenvalue weighted by Crippen LogP contribution is -2.46. The van der Waals surface area contributed by atoms with Gasteiger partial charge >= 0.3 is 13.2 Å². The quantitative estimate of drug-likeness (QED) is 0.332. The van der Waals surface area contributed by atoms with Crippen LogP contribution in [0.2, 0.25) is 25.7 Å². The summed E-state index contributed by atoms with van der Waals surface area (Å²) < 4.78 is 38.7. The van der Waals surface area contributed by atoms with Gasteiger partial charge in [0, 0.05) is 40.3 Å². The summed E-state index contributed by atoms with van der Waals surface area (Å²) in [7, 11) is 1.21. The van der Waals surface area contributed by atoms with Gasteiger partial charge in [-0.05, 0) is 58.6 Å². The van der Waals surface area contributed by atoms with Crippen LogP contribution in [0.15, 0.2) is 23.2 Å². The molecule has 2 aliphatic heterocycles. The molecule has 41 heavy (non-hydrogen) atoms. The number of carbonyl (C=O) groups excluding carboxylic acids is 2. The van der Waals surface area contributed by atoms with Crippen LogP contribution >= 0.6 is 11.8 Å². The molecule has 0 aromatic heterocycles. The van der Waals surface area contributed by atoms with Gasteiger partial charge in [0.1, 0.15) is 15.6 Å². The number of nitrogens with zero attached hydrogens (tertiary/aromatic N) is 2. The lowest BCUT2D eigenvalue weighted by molar-refractivity contribution is -0.129. The number of fused-ring (bicyclic) bond motifs is 1. The first kappa shape index (κ1) is 32.0. The third-order valence-electron chi connectivity index (χ3n) is 8.59. The maximum absolute atomic E-state index is 15.8. The van der Waals surface area contributed by atoms with E-state index in [-0.39, 0.29) is 16.9 Å². The van der Waals surface area contributed by atoms with E-state index in [4.69, 9.17) is 29.5 Å². The summed E-state index contributed by atoms with van der Waals surface area (Å²) in [6.07, 6.45) is -1.76. The predicted octanol–water partition coefficient (Wildman–Crippen LogP) is 4.11.